The first-order chi connectivity index (χ1) is 14.8. The number of amides is 1. The molecule has 1 amide bonds. The van der Waals surface area contributed by atoms with Gasteiger partial charge in [-0.25, -0.2) is 12.7 Å². The van der Waals surface area contributed by atoms with E-state index in [9.17, 15) is 13.2 Å². The minimum absolute atomic E-state index is 0.0452. The third-order valence-corrected chi connectivity index (χ3v) is 7.47. The Morgan fingerprint density at radius 3 is 2.39 bits per heavy atom. The number of likely N-dealkylation sites (tertiary alicyclic amines) is 1. The standard InChI is InChI=1S/C23H31N3O4S/c1-25(2)31(28,29)21-9-7-8-19(16-21)23(27)24-17-22(26-14-5-4-6-15-26)18-10-12-20(30-3)13-11-18/h7-13,16,22H,4-6,14-15,17H2,1-3H3,(H,24,27). The normalized spacial score (nSPS) is 16.1. The molecule has 3 rings (SSSR count). The molecule has 1 aliphatic heterocycles. The number of ether oxygens (including phenoxy) is 1. The van der Waals surface area contributed by atoms with Crippen molar-refractivity contribution in [1.29, 1.82) is 0 Å². The van der Waals surface area contributed by atoms with E-state index in [1.54, 1.807) is 19.2 Å². The molecule has 1 aliphatic rings. The number of nitrogens with one attached hydrogen (secondary N) is 1. The second-order valence-corrected chi connectivity index (χ2v) is 10.1. The van der Waals surface area contributed by atoms with Crippen LogP contribution in [-0.4, -0.2) is 64.4 Å². The molecule has 2 aromatic rings. The average molecular weight is 446 g/mol. The molecule has 1 fully saturated rings. The lowest BCUT2D eigenvalue weighted by Gasteiger charge is -2.35. The zero-order chi connectivity index (χ0) is 22.4. The largest absolute Gasteiger partial charge is 0.497 e. The summed E-state index contributed by atoms with van der Waals surface area (Å²) in [5.74, 6) is 0.510. The summed E-state index contributed by atoms with van der Waals surface area (Å²) in [6.07, 6.45) is 3.52. The maximum Gasteiger partial charge on any atom is 0.251 e. The Hall–Kier alpha value is -2.42. The van der Waals surface area contributed by atoms with Gasteiger partial charge in [0, 0.05) is 26.2 Å². The van der Waals surface area contributed by atoms with Crippen molar-refractivity contribution >= 4 is 15.9 Å². The number of hydrogen-bond donors (Lipinski definition) is 1. The topological polar surface area (TPSA) is 78.9 Å². The highest BCUT2D eigenvalue weighted by atomic mass is 32.2. The third-order valence-electron chi connectivity index (χ3n) is 5.66. The molecule has 0 saturated carbocycles. The van der Waals surface area contributed by atoms with E-state index in [0.29, 0.717) is 12.1 Å². The van der Waals surface area contributed by atoms with Crippen molar-refractivity contribution in [3.8, 4) is 5.75 Å². The minimum atomic E-state index is -3.60. The predicted octanol–water partition coefficient (Wildman–Crippen LogP) is 2.90. The van der Waals surface area contributed by atoms with Crippen LogP contribution in [-0.2, 0) is 10.0 Å². The van der Waals surface area contributed by atoms with Crippen molar-refractivity contribution in [2.24, 2.45) is 0 Å². The maximum atomic E-state index is 12.9. The van der Waals surface area contributed by atoms with E-state index in [1.807, 2.05) is 24.3 Å². The van der Waals surface area contributed by atoms with Crippen molar-refractivity contribution in [3.63, 3.8) is 0 Å². The van der Waals surface area contributed by atoms with E-state index >= 15 is 0 Å². The van der Waals surface area contributed by atoms with Crippen LogP contribution in [0.3, 0.4) is 0 Å². The van der Waals surface area contributed by atoms with Gasteiger partial charge in [-0.2, -0.15) is 0 Å². The lowest BCUT2D eigenvalue weighted by atomic mass is 10.0. The number of sulfonamides is 1. The van der Waals surface area contributed by atoms with Crippen LogP contribution in [0.1, 0.15) is 41.2 Å². The van der Waals surface area contributed by atoms with E-state index in [1.165, 1.54) is 32.6 Å². The molecule has 7 nitrogen and oxygen atoms in total. The van der Waals surface area contributed by atoms with Crippen LogP contribution >= 0.6 is 0 Å². The fraction of sp³-hybridized carbons (Fsp3) is 0.435. The monoisotopic (exact) mass is 445 g/mol. The molecule has 8 heteroatoms. The second-order valence-electron chi connectivity index (χ2n) is 7.91. The van der Waals surface area contributed by atoms with Crippen LogP contribution in [0.25, 0.3) is 0 Å². The van der Waals surface area contributed by atoms with Gasteiger partial charge in [-0.05, 0) is 61.8 Å². The highest BCUT2D eigenvalue weighted by Gasteiger charge is 2.24. The molecule has 1 unspecified atom stereocenters. The van der Waals surface area contributed by atoms with Crippen LogP contribution in [0.5, 0.6) is 5.75 Å². The van der Waals surface area contributed by atoms with Crippen molar-refractivity contribution < 1.29 is 17.9 Å². The molecular weight excluding hydrogens is 414 g/mol. The third kappa shape index (κ3) is 5.64. The molecular formula is C23H31N3O4S. The second kappa shape index (κ2) is 10.3. The summed E-state index contributed by atoms with van der Waals surface area (Å²) in [6.45, 7) is 2.42. The molecule has 1 saturated heterocycles. The zero-order valence-corrected chi connectivity index (χ0v) is 19.2. The van der Waals surface area contributed by atoms with Gasteiger partial charge in [-0.15, -0.1) is 0 Å². The van der Waals surface area contributed by atoms with Gasteiger partial charge in [0.25, 0.3) is 5.91 Å². The van der Waals surface area contributed by atoms with E-state index < -0.39 is 10.0 Å². The van der Waals surface area contributed by atoms with E-state index in [0.717, 1.165) is 41.5 Å². The Balaban J connectivity index is 1.77. The number of piperidine rings is 1. The average Bonchev–Trinajstić information content (AvgIpc) is 2.80. The van der Waals surface area contributed by atoms with E-state index in [2.05, 4.69) is 10.2 Å². The highest BCUT2D eigenvalue weighted by Crippen LogP contribution is 2.26. The van der Waals surface area contributed by atoms with Crippen molar-refractivity contribution in [2.45, 2.75) is 30.2 Å². The number of methoxy groups -OCH3 is 1. The molecule has 0 radical (unpaired) electrons. The molecule has 31 heavy (non-hydrogen) atoms. The Morgan fingerprint density at radius 2 is 1.77 bits per heavy atom. The van der Waals surface area contributed by atoms with Gasteiger partial charge in [-0.1, -0.05) is 24.6 Å². The lowest BCUT2D eigenvalue weighted by molar-refractivity contribution is 0.0924. The first kappa shape index (κ1) is 23.2. The van der Waals surface area contributed by atoms with Gasteiger partial charge in [0.2, 0.25) is 10.0 Å². The quantitative estimate of drug-likeness (QED) is 0.676. The summed E-state index contributed by atoms with van der Waals surface area (Å²) in [6, 6.07) is 14.1. The molecule has 168 valence electrons. The van der Waals surface area contributed by atoms with Gasteiger partial charge in [-0.3, -0.25) is 9.69 Å². The first-order valence-electron chi connectivity index (χ1n) is 10.5. The Morgan fingerprint density at radius 1 is 1.10 bits per heavy atom. The highest BCUT2D eigenvalue weighted by molar-refractivity contribution is 7.89. The summed E-state index contributed by atoms with van der Waals surface area (Å²) in [7, 11) is 0.988. The van der Waals surface area contributed by atoms with Crippen LogP contribution in [0.4, 0.5) is 0 Å². The lowest BCUT2D eigenvalue weighted by Crippen LogP contribution is -2.40. The summed E-state index contributed by atoms with van der Waals surface area (Å²) in [5, 5.41) is 3.01. The van der Waals surface area contributed by atoms with Crippen molar-refractivity contribution in [3.05, 3.63) is 59.7 Å². The molecule has 0 spiro atoms. The Bertz CT molecular complexity index is 984. The fourth-order valence-corrected chi connectivity index (χ4v) is 4.76. The molecule has 1 atom stereocenters. The van der Waals surface area contributed by atoms with E-state index in [-0.39, 0.29) is 16.8 Å². The van der Waals surface area contributed by atoms with Gasteiger partial charge in [0.05, 0.1) is 18.0 Å². The summed E-state index contributed by atoms with van der Waals surface area (Å²) >= 11 is 0. The summed E-state index contributed by atoms with van der Waals surface area (Å²) in [5.41, 5.74) is 1.45. The van der Waals surface area contributed by atoms with Gasteiger partial charge in [0.15, 0.2) is 0 Å². The molecule has 1 N–H and O–H groups in total. The van der Waals surface area contributed by atoms with Crippen LogP contribution in [0, 0.1) is 0 Å². The van der Waals surface area contributed by atoms with Crippen LogP contribution in [0.2, 0.25) is 0 Å². The Labute approximate surface area is 185 Å². The molecule has 1 heterocycles. The van der Waals surface area contributed by atoms with Gasteiger partial charge in [0.1, 0.15) is 5.75 Å². The molecule has 0 aromatic heterocycles. The number of nitrogens with zero attached hydrogens (tertiary/aromatic N) is 2. The molecule has 0 bridgehead atoms. The number of rotatable bonds is 8. The zero-order valence-electron chi connectivity index (χ0n) is 18.4. The number of carbonyl (C=O) groups excluding carboxylic acids is 1. The SMILES string of the molecule is COc1ccc(C(CNC(=O)c2cccc(S(=O)(=O)N(C)C)c2)N2CCCCC2)cc1. The maximum absolute atomic E-state index is 12.9. The Kier molecular flexibility index (Phi) is 7.69. The van der Waals surface area contributed by atoms with Gasteiger partial charge >= 0.3 is 0 Å². The summed E-state index contributed by atoms with van der Waals surface area (Å²) in [4.78, 5) is 15.4. The van der Waals surface area contributed by atoms with Crippen LogP contribution in [0.15, 0.2) is 53.4 Å². The molecule has 0 aliphatic carbocycles. The minimum Gasteiger partial charge on any atom is -0.497 e. The fourth-order valence-electron chi connectivity index (χ4n) is 3.81. The smallest absolute Gasteiger partial charge is 0.251 e. The van der Waals surface area contributed by atoms with E-state index in [4.69, 9.17) is 4.74 Å². The van der Waals surface area contributed by atoms with Crippen molar-refractivity contribution in [2.75, 3.05) is 40.8 Å². The van der Waals surface area contributed by atoms with Crippen LogP contribution < -0.4 is 10.1 Å². The summed E-state index contributed by atoms with van der Waals surface area (Å²) < 4.78 is 31.2. The number of carbonyl (C=O) groups is 1. The number of benzene rings is 2. The van der Waals surface area contributed by atoms with Crippen molar-refractivity contribution in [1.82, 2.24) is 14.5 Å². The van der Waals surface area contributed by atoms with Gasteiger partial charge < -0.3 is 10.1 Å². The number of hydrogen-bond acceptors (Lipinski definition) is 5. The molecule has 2 aromatic carbocycles. The predicted molar refractivity (Wildman–Crippen MR) is 121 cm³/mol. The first-order valence-corrected chi connectivity index (χ1v) is 12.0.